The number of ether oxygens (including phenoxy) is 2. The molecule has 0 spiro atoms. The number of aromatic nitrogens is 3. The molecule has 1 aliphatic rings. The van der Waals surface area contributed by atoms with Crippen LogP contribution in [0.1, 0.15) is 51.6 Å². The Balaban J connectivity index is 2.16. The number of nitrogens with one attached hydrogen (secondary N) is 1. The van der Waals surface area contributed by atoms with E-state index in [0.717, 1.165) is 5.57 Å². The van der Waals surface area contributed by atoms with Gasteiger partial charge in [0.1, 0.15) is 28.3 Å². The van der Waals surface area contributed by atoms with Crippen molar-refractivity contribution in [2.45, 2.75) is 51.0 Å². The summed E-state index contributed by atoms with van der Waals surface area (Å²) in [5, 5.41) is 6.24. The van der Waals surface area contributed by atoms with E-state index in [1.165, 1.54) is 25.7 Å². The summed E-state index contributed by atoms with van der Waals surface area (Å²) in [5.74, 6) is 0.137. The van der Waals surface area contributed by atoms with Crippen molar-refractivity contribution < 1.29 is 26.3 Å². The number of hydrogen-bond acceptors (Lipinski definition) is 9. The first-order valence-electron chi connectivity index (χ1n) is 12.0. The third-order valence-corrected chi connectivity index (χ3v) is 10.4. The first-order valence-corrected chi connectivity index (χ1v) is 15.2. The molecule has 0 aliphatic carbocycles. The molecule has 3 rings (SSSR count). The highest BCUT2D eigenvalue weighted by molar-refractivity contribution is 7.93. The van der Waals surface area contributed by atoms with Crippen molar-refractivity contribution in [3.63, 3.8) is 0 Å². The second kappa shape index (κ2) is 11.6. The van der Waals surface area contributed by atoms with Crippen LogP contribution in [0.2, 0.25) is 0 Å². The number of rotatable bonds is 10. The van der Waals surface area contributed by atoms with E-state index in [1.54, 1.807) is 31.3 Å². The number of allylic oxidation sites excluding steroid dienone is 1. The summed E-state index contributed by atoms with van der Waals surface area (Å²) in [4.78, 5) is 8.18. The highest BCUT2D eigenvalue weighted by Crippen LogP contribution is 2.41. The van der Waals surface area contributed by atoms with E-state index in [1.807, 2.05) is 13.8 Å². The second-order valence-corrected chi connectivity index (χ2v) is 13.6. The molecule has 2 aromatic rings. The maximum absolute atomic E-state index is 13.5. The normalized spacial score (nSPS) is 18.9. The highest BCUT2D eigenvalue weighted by Gasteiger charge is 2.39. The molecule has 1 aromatic heterocycles. The van der Waals surface area contributed by atoms with E-state index in [9.17, 15) is 16.8 Å². The van der Waals surface area contributed by atoms with E-state index >= 15 is 0 Å². The monoisotopic (exact) mass is 566 g/mol. The number of anilines is 1. The molecule has 0 amide bonds. The summed E-state index contributed by atoms with van der Waals surface area (Å²) < 4.78 is 67.7. The average Bonchev–Trinajstić information content (AvgIpc) is 3.43. The quantitative estimate of drug-likeness (QED) is 0.339. The Labute approximate surface area is 223 Å². The lowest BCUT2D eigenvalue weighted by atomic mass is 10.1. The van der Waals surface area contributed by atoms with Crippen molar-refractivity contribution in [3.8, 4) is 17.2 Å². The minimum atomic E-state index is -4.11. The largest absolute Gasteiger partial charge is 0.494 e. The summed E-state index contributed by atoms with van der Waals surface area (Å²) in [6, 6.07) is 4.99. The first-order chi connectivity index (χ1) is 17.9. The third kappa shape index (κ3) is 5.90. The number of aliphatic imine (C=N–C) groups is 2. The molecule has 208 valence electrons. The van der Waals surface area contributed by atoms with Gasteiger partial charge in [-0.3, -0.25) is 9.29 Å². The van der Waals surface area contributed by atoms with Crippen molar-refractivity contribution in [2.75, 3.05) is 24.7 Å². The smallest absolute Gasteiger partial charge is 0.243 e. The number of sulfonamides is 1. The molecule has 1 N–H and O–H groups in total. The summed E-state index contributed by atoms with van der Waals surface area (Å²) >= 11 is 0. The van der Waals surface area contributed by atoms with Gasteiger partial charge < -0.3 is 9.47 Å². The van der Waals surface area contributed by atoms with E-state index in [0.29, 0.717) is 24.3 Å². The molecule has 1 fully saturated rings. The molecule has 38 heavy (non-hydrogen) atoms. The summed E-state index contributed by atoms with van der Waals surface area (Å²) in [6.07, 6.45) is 2.38. The molecular weight excluding hydrogens is 532 g/mol. The fourth-order valence-corrected chi connectivity index (χ4v) is 7.21. The van der Waals surface area contributed by atoms with Crippen LogP contribution in [-0.2, 0) is 19.9 Å². The number of amidine groups is 1. The van der Waals surface area contributed by atoms with E-state index in [2.05, 4.69) is 31.6 Å². The van der Waals surface area contributed by atoms with Crippen molar-refractivity contribution >= 4 is 38.4 Å². The lowest BCUT2D eigenvalue weighted by molar-refractivity contribution is 0.390. The van der Waals surface area contributed by atoms with Crippen LogP contribution in [0.15, 0.2) is 40.0 Å². The zero-order chi connectivity index (χ0) is 28.3. The molecular formula is C24H34N6O6S2. The lowest BCUT2D eigenvalue weighted by Gasteiger charge is -2.22. The number of para-hydroxylation sites is 1. The Hall–Kier alpha value is -3.26. The molecule has 3 atom stereocenters. The van der Waals surface area contributed by atoms with Gasteiger partial charge in [0.25, 0.3) is 0 Å². The minimum Gasteiger partial charge on any atom is -0.494 e. The Morgan fingerprint density at radius 2 is 1.84 bits per heavy atom. The van der Waals surface area contributed by atoms with Gasteiger partial charge in [-0.2, -0.15) is 0 Å². The SMILES string of the molecule is C=N/C(=N\C=C(C)C)[C@@H](C)[C@H](C)S(=O)(=O)Nc1nnc([C@@H]2CCCS2(=O)=O)n1-c1c(OC)cccc1OC. The molecule has 14 heteroatoms. The molecule has 1 saturated heterocycles. The molecule has 1 aliphatic heterocycles. The fraction of sp³-hybridized carbons (Fsp3) is 0.500. The molecule has 0 bridgehead atoms. The Kier molecular flexibility index (Phi) is 8.97. The van der Waals surface area contributed by atoms with E-state index < -0.39 is 36.3 Å². The maximum atomic E-state index is 13.5. The predicted octanol–water partition coefficient (Wildman–Crippen LogP) is 3.32. The van der Waals surface area contributed by atoms with Crippen LogP contribution < -0.4 is 14.2 Å². The summed E-state index contributed by atoms with van der Waals surface area (Å²) in [6.45, 7) is 10.4. The molecule has 0 saturated carbocycles. The highest BCUT2D eigenvalue weighted by atomic mass is 32.2. The van der Waals surface area contributed by atoms with Crippen LogP contribution in [0.25, 0.3) is 5.69 Å². The third-order valence-electron chi connectivity index (χ3n) is 6.38. The van der Waals surface area contributed by atoms with Crippen LogP contribution in [0.4, 0.5) is 5.95 Å². The number of benzene rings is 1. The van der Waals surface area contributed by atoms with Crippen LogP contribution in [0.5, 0.6) is 11.5 Å². The first kappa shape index (κ1) is 29.3. The zero-order valence-corrected chi connectivity index (χ0v) is 24.0. The number of methoxy groups -OCH3 is 2. The standard InChI is InChI=1S/C24H34N6O6S2/c1-15(2)14-26-22(25-5)16(3)17(4)38(33,34)29-24-28-27-23(20-12-9-13-37(20,31)32)30(24)21-18(35-6)10-8-11-19(21)36-7/h8,10-11,14,16-17,20H,5,9,12-13H2,1-4,6-7H3,(H,28,29)/b26-22-/t16-,17-,20-/m0/s1. The topological polar surface area (TPSA) is 154 Å². The van der Waals surface area contributed by atoms with Gasteiger partial charge >= 0.3 is 0 Å². The lowest BCUT2D eigenvalue weighted by Crippen LogP contribution is -2.35. The summed E-state index contributed by atoms with van der Waals surface area (Å²) in [7, 11) is -4.74. The van der Waals surface area contributed by atoms with Crippen molar-refractivity contribution in [1.29, 1.82) is 0 Å². The molecule has 1 aromatic carbocycles. The van der Waals surface area contributed by atoms with Gasteiger partial charge in [0, 0.05) is 12.1 Å². The van der Waals surface area contributed by atoms with Gasteiger partial charge in [-0.05, 0) is 52.5 Å². The minimum absolute atomic E-state index is 0.00550. The molecule has 0 radical (unpaired) electrons. The van der Waals surface area contributed by atoms with Gasteiger partial charge in [-0.15, -0.1) is 10.2 Å². The van der Waals surface area contributed by atoms with Gasteiger partial charge in [-0.1, -0.05) is 18.6 Å². The number of nitrogens with zero attached hydrogens (tertiary/aromatic N) is 5. The van der Waals surface area contributed by atoms with Crippen LogP contribution >= 0.6 is 0 Å². The van der Waals surface area contributed by atoms with Gasteiger partial charge in [0.05, 0.1) is 25.2 Å². The van der Waals surface area contributed by atoms with Crippen molar-refractivity contribution in [1.82, 2.24) is 14.8 Å². The van der Waals surface area contributed by atoms with Gasteiger partial charge in [0.2, 0.25) is 16.0 Å². The Bertz CT molecular complexity index is 1440. The Morgan fingerprint density at radius 3 is 2.34 bits per heavy atom. The van der Waals surface area contributed by atoms with E-state index in [-0.39, 0.29) is 29.0 Å². The van der Waals surface area contributed by atoms with Crippen molar-refractivity contribution in [3.05, 3.63) is 35.8 Å². The second-order valence-electron chi connectivity index (χ2n) is 9.22. The van der Waals surface area contributed by atoms with E-state index in [4.69, 9.17) is 9.47 Å². The fourth-order valence-electron chi connectivity index (χ4n) is 4.12. The van der Waals surface area contributed by atoms with Crippen LogP contribution in [0.3, 0.4) is 0 Å². The molecule has 0 unspecified atom stereocenters. The zero-order valence-electron chi connectivity index (χ0n) is 22.4. The van der Waals surface area contributed by atoms with Crippen LogP contribution in [-0.4, -0.2) is 69.4 Å². The number of hydrogen-bond donors (Lipinski definition) is 1. The number of sulfone groups is 1. The van der Waals surface area contributed by atoms with Gasteiger partial charge in [-0.25, -0.2) is 26.8 Å². The average molecular weight is 567 g/mol. The molecule has 12 nitrogen and oxygen atoms in total. The van der Waals surface area contributed by atoms with Gasteiger partial charge in [0.15, 0.2) is 15.7 Å². The van der Waals surface area contributed by atoms with Crippen LogP contribution in [0, 0.1) is 5.92 Å². The molecule has 2 heterocycles. The predicted molar refractivity (Wildman–Crippen MR) is 148 cm³/mol. The maximum Gasteiger partial charge on any atom is 0.243 e. The Morgan fingerprint density at radius 1 is 1.21 bits per heavy atom. The summed E-state index contributed by atoms with van der Waals surface area (Å²) in [5.41, 5.74) is 1.19. The van der Waals surface area contributed by atoms with Crippen molar-refractivity contribution in [2.24, 2.45) is 15.9 Å².